The van der Waals surface area contributed by atoms with E-state index in [9.17, 15) is 0 Å². The summed E-state index contributed by atoms with van der Waals surface area (Å²) >= 11 is 0. The lowest BCUT2D eigenvalue weighted by molar-refractivity contribution is 0.995. The number of allylic oxidation sites excluding steroid dienone is 1. The van der Waals surface area contributed by atoms with E-state index >= 15 is 0 Å². The van der Waals surface area contributed by atoms with Gasteiger partial charge in [0.05, 0.1) is 0 Å². The van der Waals surface area contributed by atoms with E-state index in [4.69, 9.17) is 13.6 Å². The Bertz CT molecular complexity index is 118. The minimum absolute atomic E-state index is 0.176. The number of hydrogen-bond acceptors (Lipinski definition) is 1. The molecule has 0 saturated carbocycles. The first kappa shape index (κ1) is 8.50. The van der Waals surface area contributed by atoms with Crippen molar-refractivity contribution in [1.29, 1.82) is 0 Å². The van der Waals surface area contributed by atoms with Crippen molar-refractivity contribution >= 4 is 7.85 Å². The first-order valence-electron chi connectivity index (χ1n) is 3.06. The van der Waals surface area contributed by atoms with Gasteiger partial charge in [0.1, 0.15) is 7.85 Å². The second-order valence-electron chi connectivity index (χ2n) is 1.87. The van der Waals surface area contributed by atoms with Gasteiger partial charge in [0.25, 0.3) is 0 Å². The molecule has 1 atom stereocenters. The Balaban J connectivity index is 3.84. The molecule has 0 aromatic carbocycles. The molecule has 48 valence electrons. The molecule has 1 unspecified atom stereocenters. The van der Waals surface area contributed by atoms with Gasteiger partial charge in [-0.3, -0.25) is 0 Å². The molecule has 0 fully saturated rings. The van der Waals surface area contributed by atoms with E-state index < -0.39 is 0 Å². The average Bonchev–Trinajstić information content (AvgIpc) is 1.87. The maximum atomic E-state index is 5.50. The van der Waals surface area contributed by atoms with Crippen LogP contribution in [0.5, 0.6) is 0 Å². The van der Waals surface area contributed by atoms with Gasteiger partial charge in [0, 0.05) is 6.04 Å². The second kappa shape index (κ2) is 4.39. The van der Waals surface area contributed by atoms with Crippen molar-refractivity contribution in [3.63, 3.8) is 0 Å². The van der Waals surface area contributed by atoms with Crippen LogP contribution < -0.4 is 5.73 Å². The summed E-state index contributed by atoms with van der Waals surface area (Å²) in [6.45, 7) is 5.53. The van der Waals surface area contributed by atoms with Gasteiger partial charge in [-0.25, -0.2) is 0 Å². The molecule has 0 aliphatic heterocycles. The van der Waals surface area contributed by atoms with Crippen molar-refractivity contribution < 1.29 is 0 Å². The van der Waals surface area contributed by atoms with Gasteiger partial charge in [-0.1, -0.05) is 19.1 Å². The third-order valence-electron chi connectivity index (χ3n) is 1.08. The lowest BCUT2D eigenvalue weighted by Gasteiger charge is -2.04. The van der Waals surface area contributed by atoms with E-state index in [0.717, 1.165) is 6.42 Å². The van der Waals surface area contributed by atoms with Gasteiger partial charge in [0.2, 0.25) is 0 Å². The molecule has 9 heavy (non-hydrogen) atoms. The van der Waals surface area contributed by atoms with Crippen LogP contribution in [0.4, 0.5) is 0 Å². The van der Waals surface area contributed by atoms with E-state index in [-0.39, 0.29) is 6.04 Å². The lowest BCUT2D eigenvalue weighted by Crippen LogP contribution is -2.19. The molecule has 0 rings (SSSR count). The fraction of sp³-hybridized carbons (Fsp3) is 0.429. The van der Waals surface area contributed by atoms with Gasteiger partial charge in [0.15, 0.2) is 0 Å². The summed E-state index contributed by atoms with van der Waals surface area (Å²) in [4.78, 5) is 0. The zero-order valence-electron chi connectivity index (χ0n) is 5.80. The second-order valence-corrected chi connectivity index (χ2v) is 1.87. The molecule has 0 heterocycles. The fourth-order valence-corrected chi connectivity index (χ4v) is 0.508. The first-order chi connectivity index (χ1) is 4.22. The van der Waals surface area contributed by atoms with Crippen LogP contribution in [-0.2, 0) is 0 Å². The van der Waals surface area contributed by atoms with Crippen molar-refractivity contribution in [3.8, 4) is 0 Å². The van der Waals surface area contributed by atoms with Gasteiger partial charge in [-0.15, -0.1) is 12.1 Å². The zero-order chi connectivity index (χ0) is 7.28. The van der Waals surface area contributed by atoms with E-state index in [2.05, 4.69) is 6.58 Å². The molecule has 0 spiro atoms. The Hall–Kier alpha value is -0.495. The summed E-state index contributed by atoms with van der Waals surface area (Å²) in [6.07, 6.45) is 4.45. The average molecular weight is 121 g/mol. The van der Waals surface area contributed by atoms with Crippen LogP contribution in [0, 0.1) is 0 Å². The van der Waals surface area contributed by atoms with Gasteiger partial charge in [-0.2, -0.15) is 0 Å². The van der Waals surface area contributed by atoms with Crippen LogP contribution >= 0.6 is 0 Å². The standard InChI is InChI=1S/C7H12BN/c1-3-5-6(8)7(9)4-2/h4-5,7H,2-3,9H2,1H3/b6-5-. The molecule has 0 aromatic rings. The maximum Gasteiger partial charge on any atom is 0.109 e. The van der Waals surface area contributed by atoms with E-state index in [0.29, 0.717) is 5.47 Å². The van der Waals surface area contributed by atoms with Crippen molar-refractivity contribution in [2.75, 3.05) is 0 Å². The quantitative estimate of drug-likeness (QED) is 0.436. The Labute approximate surface area is 58.0 Å². The molecule has 2 N–H and O–H groups in total. The van der Waals surface area contributed by atoms with Gasteiger partial charge in [-0.05, 0) is 6.42 Å². The highest BCUT2D eigenvalue weighted by Crippen LogP contribution is 1.95. The largest absolute Gasteiger partial charge is 0.322 e. The molecule has 0 amide bonds. The summed E-state index contributed by atoms with van der Waals surface area (Å²) in [5.41, 5.74) is 6.19. The van der Waals surface area contributed by atoms with Crippen LogP contribution in [0.1, 0.15) is 13.3 Å². The van der Waals surface area contributed by atoms with E-state index in [1.54, 1.807) is 6.08 Å². The summed E-state index contributed by atoms with van der Waals surface area (Å²) < 4.78 is 0. The lowest BCUT2D eigenvalue weighted by atomic mass is 9.88. The van der Waals surface area contributed by atoms with Crippen LogP contribution in [0.25, 0.3) is 0 Å². The molecule has 0 aliphatic rings. The Kier molecular flexibility index (Phi) is 4.15. The number of hydrogen-bond donors (Lipinski definition) is 1. The molecule has 0 aromatic heterocycles. The summed E-state index contributed by atoms with van der Waals surface area (Å²) in [6, 6.07) is -0.176. The summed E-state index contributed by atoms with van der Waals surface area (Å²) in [5.74, 6) is 0. The van der Waals surface area contributed by atoms with Crippen LogP contribution in [-0.4, -0.2) is 13.9 Å². The fourth-order valence-electron chi connectivity index (χ4n) is 0.508. The molecule has 2 radical (unpaired) electrons. The molecule has 2 heteroatoms. The minimum atomic E-state index is -0.176. The topological polar surface area (TPSA) is 26.0 Å². The van der Waals surface area contributed by atoms with Gasteiger partial charge >= 0.3 is 0 Å². The van der Waals surface area contributed by atoms with Crippen LogP contribution in [0.2, 0.25) is 0 Å². The van der Waals surface area contributed by atoms with E-state index in [1.165, 1.54) is 0 Å². The predicted molar refractivity (Wildman–Crippen MR) is 42.3 cm³/mol. The summed E-state index contributed by atoms with van der Waals surface area (Å²) in [5, 5.41) is 0. The predicted octanol–water partition coefficient (Wildman–Crippen LogP) is 0.962. The third kappa shape index (κ3) is 3.14. The highest BCUT2D eigenvalue weighted by atomic mass is 14.6. The Morgan fingerprint density at radius 3 is 2.78 bits per heavy atom. The normalized spacial score (nSPS) is 15.1. The Morgan fingerprint density at radius 2 is 2.44 bits per heavy atom. The summed E-state index contributed by atoms with van der Waals surface area (Å²) in [7, 11) is 5.50. The zero-order valence-corrected chi connectivity index (χ0v) is 5.80. The maximum absolute atomic E-state index is 5.50. The van der Waals surface area contributed by atoms with Crippen LogP contribution in [0.15, 0.2) is 24.2 Å². The monoisotopic (exact) mass is 121 g/mol. The SMILES string of the molecule is [B]/C(=C\CC)C(N)C=C. The van der Waals surface area contributed by atoms with Crippen molar-refractivity contribution in [3.05, 3.63) is 24.2 Å². The molecule has 0 bridgehead atoms. The van der Waals surface area contributed by atoms with E-state index in [1.807, 2.05) is 13.0 Å². The first-order valence-corrected chi connectivity index (χ1v) is 3.06. The molecule has 0 saturated heterocycles. The molecular weight excluding hydrogens is 109 g/mol. The number of rotatable bonds is 3. The smallest absolute Gasteiger partial charge is 0.109 e. The van der Waals surface area contributed by atoms with Crippen LogP contribution in [0.3, 0.4) is 0 Å². The van der Waals surface area contributed by atoms with Gasteiger partial charge < -0.3 is 5.73 Å². The van der Waals surface area contributed by atoms with Crippen molar-refractivity contribution in [1.82, 2.24) is 0 Å². The van der Waals surface area contributed by atoms with Crippen molar-refractivity contribution in [2.45, 2.75) is 19.4 Å². The minimum Gasteiger partial charge on any atom is -0.322 e. The highest BCUT2D eigenvalue weighted by Gasteiger charge is 1.94. The Morgan fingerprint density at radius 1 is 1.89 bits per heavy atom. The highest BCUT2D eigenvalue weighted by molar-refractivity contribution is 6.22. The third-order valence-corrected chi connectivity index (χ3v) is 1.08. The van der Waals surface area contributed by atoms with Crippen molar-refractivity contribution in [2.24, 2.45) is 5.73 Å². The molecular formula is C7H12BN. The molecule has 1 nitrogen and oxygen atoms in total. The number of nitrogens with two attached hydrogens (primary N) is 1. The molecule has 0 aliphatic carbocycles.